The molecule has 0 aliphatic carbocycles. The van der Waals surface area contributed by atoms with Crippen LogP contribution in [0.25, 0.3) is 0 Å². The maximum Gasteiger partial charge on any atom is 0.160 e. The second-order valence-corrected chi connectivity index (χ2v) is 3.33. The van der Waals surface area contributed by atoms with Gasteiger partial charge in [-0.25, -0.2) is 0 Å². The molecule has 0 radical (unpaired) electrons. The molecule has 1 aromatic carbocycles. The molecule has 0 fully saturated rings. The first-order valence-corrected chi connectivity index (χ1v) is 4.11. The van der Waals surface area contributed by atoms with Crippen molar-refractivity contribution < 1.29 is 4.79 Å². The van der Waals surface area contributed by atoms with Gasteiger partial charge in [0.2, 0.25) is 0 Å². The van der Waals surface area contributed by atoms with E-state index >= 15 is 0 Å². The van der Waals surface area contributed by atoms with E-state index in [9.17, 15) is 4.79 Å². The molecule has 13 heavy (non-hydrogen) atoms. The molecule has 0 unspecified atom stereocenters. The Morgan fingerprint density at radius 2 is 1.46 bits per heavy atom. The van der Waals surface area contributed by atoms with Gasteiger partial charge in [-0.3, -0.25) is 4.79 Å². The third-order valence-corrected chi connectivity index (χ3v) is 2.03. The van der Waals surface area contributed by atoms with Crippen LogP contribution in [0.4, 0.5) is 0 Å². The zero-order valence-corrected chi connectivity index (χ0v) is 9.29. The Morgan fingerprint density at radius 1 is 1.08 bits per heavy atom. The topological polar surface area (TPSA) is 17.1 Å². The van der Waals surface area contributed by atoms with Crippen molar-refractivity contribution in [3.05, 3.63) is 34.4 Å². The molecule has 0 aliphatic heterocycles. The first-order valence-electron chi connectivity index (χ1n) is 4.11. The van der Waals surface area contributed by atoms with Gasteiger partial charge in [-0.05, 0) is 38.8 Å². The van der Waals surface area contributed by atoms with Gasteiger partial charge in [-0.1, -0.05) is 17.7 Å². The fraction of sp³-hybridized carbons (Fsp3) is 0.364. The number of halogens is 1. The van der Waals surface area contributed by atoms with Crippen molar-refractivity contribution in [1.29, 1.82) is 0 Å². The van der Waals surface area contributed by atoms with Crippen LogP contribution in [-0.4, -0.2) is 5.78 Å². The second kappa shape index (κ2) is 4.43. The van der Waals surface area contributed by atoms with E-state index in [4.69, 9.17) is 0 Å². The summed E-state index contributed by atoms with van der Waals surface area (Å²) in [5, 5.41) is 0. The van der Waals surface area contributed by atoms with Crippen LogP contribution in [0.5, 0.6) is 0 Å². The molecule has 0 saturated carbocycles. The first kappa shape index (κ1) is 12.2. The molecule has 1 nitrogen and oxygen atoms in total. The number of carbonyl (C=O) groups is 1. The summed E-state index contributed by atoms with van der Waals surface area (Å²) in [6.45, 7) is 7.63. The highest BCUT2D eigenvalue weighted by molar-refractivity contribution is 5.97. The number of rotatable bonds is 1. The number of Topliss-reactive ketones (excluding diaryl/α,β-unsaturated/α-hetero) is 1. The summed E-state index contributed by atoms with van der Waals surface area (Å²) in [6, 6.07) is 4.09. The van der Waals surface area contributed by atoms with Crippen molar-refractivity contribution in [1.82, 2.24) is 0 Å². The lowest BCUT2D eigenvalue weighted by Crippen LogP contribution is -2.00. The van der Waals surface area contributed by atoms with E-state index in [0.29, 0.717) is 0 Å². The summed E-state index contributed by atoms with van der Waals surface area (Å²) in [5.74, 6) is 0.157. The van der Waals surface area contributed by atoms with E-state index in [1.807, 2.05) is 32.9 Å². The van der Waals surface area contributed by atoms with E-state index in [1.165, 1.54) is 5.56 Å². The quantitative estimate of drug-likeness (QED) is 0.634. The number of hydrogen-bond acceptors (Lipinski definition) is 1. The minimum Gasteiger partial charge on any atom is -0.294 e. The van der Waals surface area contributed by atoms with Gasteiger partial charge >= 0.3 is 0 Å². The fourth-order valence-electron chi connectivity index (χ4n) is 1.74. The van der Waals surface area contributed by atoms with Gasteiger partial charge in [0.25, 0.3) is 0 Å². The van der Waals surface area contributed by atoms with Crippen LogP contribution in [0.1, 0.15) is 34.0 Å². The van der Waals surface area contributed by atoms with Gasteiger partial charge in [-0.15, -0.1) is 12.4 Å². The number of aryl methyl sites for hydroxylation is 3. The zero-order valence-electron chi connectivity index (χ0n) is 8.47. The van der Waals surface area contributed by atoms with Gasteiger partial charge in [-0.2, -0.15) is 0 Å². The molecule has 0 amide bonds. The molecular formula is C11H15ClO. The Hall–Kier alpha value is -0.820. The van der Waals surface area contributed by atoms with Crippen molar-refractivity contribution in [2.24, 2.45) is 0 Å². The van der Waals surface area contributed by atoms with Crippen molar-refractivity contribution in [2.45, 2.75) is 27.7 Å². The Balaban J connectivity index is 0.00000144. The molecule has 72 valence electrons. The minimum atomic E-state index is 0. The molecule has 2 heteroatoms. The average Bonchev–Trinajstić information content (AvgIpc) is 1.82. The monoisotopic (exact) mass is 198 g/mol. The van der Waals surface area contributed by atoms with E-state index < -0.39 is 0 Å². The van der Waals surface area contributed by atoms with Crippen molar-refractivity contribution >= 4 is 18.2 Å². The molecule has 0 aromatic heterocycles. The van der Waals surface area contributed by atoms with E-state index in [-0.39, 0.29) is 18.2 Å². The van der Waals surface area contributed by atoms with Crippen LogP contribution in [0, 0.1) is 20.8 Å². The highest BCUT2D eigenvalue weighted by Gasteiger charge is 2.07. The van der Waals surface area contributed by atoms with Crippen LogP contribution < -0.4 is 0 Å². The van der Waals surface area contributed by atoms with Gasteiger partial charge in [0, 0.05) is 5.56 Å². The van der Waals surface area contributed by atoms with Crippen LogP contribution in [0.15, 0.2) is 12.1 Å². The van der Waals surface area contributed by atoms with Gasteiger partial charge in [0.15, 0.2) is 5.78 Å². The Morgan fingerprint density at radius 3 is 1.77 bits per heavy atom. The number of carbonyl (C=O) groups excluding carboxylic acids is 1. The Bertz CT molecular complexity index is 306. The smallest absolute Gasteiger partial charge is 0.160 e. The Kier molecular flexibility index (Phi) is 4.15. The molecule has 0 N–H and O–H groups in total. The second-order valence-electron chi connectivity index (χ2n) is 3.33. The lowest BCUT2D eigenvalue weighted by molar-refractivity contribution is 0.101. The molecule has 0 aliphatic rings. The van der Waals surface area contributed by atoms with Crippen molar-refractivity contribution in [3.8, 4) is 0 Å². The largest absolute Gasteiger partial charge is 0.294 e. The maximum atomic E-state index is 11.2. The molecule has 1 aromatic rings. The summed E-state index contributed by atoms with van der Waals surface area (Å²) >= 11 is 0. The number of benzene rings is 1. The van der Waals surface area contributed by atoms with Crippen LogP contribution in [-0.2, 0) is 0 Å². The summed E-state index contributed by atoms with van der Waals surface area (Å²) in [5.41, 5.74) is 4.26. The average molecular weight is 199 g/mol. The maximum absolute atomic E-state index is 11.2. The first-order chi connectivity index (χ1) is 5.52. The lowest BCUT2D eigenvalue weighted by Gasteiger charge is -2.07. The normalized spacial score (nSPS) is 9.23. The van der Waals surface area contributed by atoms with Crippen LogP contribution >= 0.6 is 12.4 Å². The van der Waals surface area contributed by atoms with Gasteiger partial charge in [0.1, 0.15) is 0 Å². The van der Waals surface area contributed by atoms with E-state index in [0.717, 1.165) is 16.7 Å². The van der Waals surface area contributed by atoms with Crippen molar-refractivity contribution in [2.75, 3.05) is 0 Å². The summed E-state index contributed by atoms with van der Waals surface area (Å²) < 4.78 is 0. The third kappa shape index (κ3) is 2.56. The number of ketones is 1. The summed E-state index contributed by atoms with van der Waals surface area (Å²) in [4.78, 5) is 11.2. The third-order valence-electron chi connectivity index (χ3n) is 2.03. The predicted molar refractivity (Wildman–Crippen MR) is 57.9 cm³/mol. The van der Waals surface area contributed by atoms with Gasteiger partial charge in [0.05, 0.1) is 0 Å². The fourth-order valence-corrected chi connectivity index (χ4v) is 1.74. The molecular weight excluding hydrogens is 184 g/mol. The SMILES string of the molecule is CC(=O)c1c(C)cc(C)cc1C.Cl. The van der Waals surface area contributed by atoms with Crippen LogP contribution in [0.3, 0.4) is 0 Å². The molecule has 0 heterocycles. The lowest BCUT2D eigenvalue weighted by atomic mass is 9.97. The molecule has 1 rings (SSSR count). The summed E-state index contributed by atoms with van der Waals surface area (Å²) in [6.07, 6.45) is 0. The van der Waals surface area contributed by atoms with Crippen LogP contribution in [0.2, 0.25) is 0 Å². The van der Waals surface area contributed by atoms with Crippen molar-refractivity contribution in [3.63, 3.8) is 0 Å². The standard InChI is InChI=1S/C11H14O.ClH/c1-7-5-8(2)11(10(4)12)9(3)6-7;/h5-6H,1-4H3;1H. The molecule has 0 atom stereocenters. The zero-order chi connectivity index (χ0) is 9.30. The number of hydrogen-bond donors (Lipinski definition) is 0. The summed E-state index contributed by atoms with van der Waals surface area (Å²) in [7, 11) is 0. The van der Waals surface area contributed by atoms with Gasteiger partial charge < -0.3 is 0 Å². The minimum absolute atomic E-state index is 0. The highest BCUT2D eigenvalue weighted by Crippen LogP contribution is 2.16. The predicted octanol–water partition coefficient (Wildman–Crippen LogP) is 3.24. The molecule has 0 saturated heterocycles. The van der Waals surface area contributed by atoms with E-state index in [2.05, 4.69) is 0 Å². The van der Waals surface area contributed by atoms with E-state index in [1.54, 1.807) is 6.92 Å². The molecule has 0 spiro atoms. The Labute approximate surface area is 85.6 Å². The highest BCUT2D eigenvalue weighted by atomic mass is 35.5. The molecule has 0 bridgehead atoms.